The van der Waals surface area contributed by atoms with Crippen LogP contribution in [0.4, 0.5) is 0 Å². The Labute approximate surface area is 133 Å². The van der Waals surface area contributed by atoms with Crippen LogP contribution in [0, 0.1) is 0 Å². The topological polar surface area (TPSA) is 44.2 Å². The van der Waals surface area contributed by atoms with Gasteiger partial charge in [-0.2, -0.15) is 0 Å². The van der Waals surface area contributed by atoms with E-state index in [1.807, 2.05) is 45.0 Å². The van der Waals surface area contributed by atoms with Crippen molar-refractivity contribution < 1.29 is 10.8 Å². The molecule has 1 aromatic heterocycles. The molecule has 2 rings (SSSR count). The van der Waals surface area contributed by atoms with Crippen molar-refractivity contribution in [2.24, 2.45) is 0 Å². The van der Waals surface area contributed by atoms with Gasteiger partial charge in [0.1, 0.15) is 12.4 Å². The summed E-state index contributed by atoms with van der Waals surface area (Å²) in [5.41, 5.74) is 1.81. The SMILES string of the molecule is [2H]C(C)(C)c1ccc(OCc2cnc(C(=C)OCC)nc2)cc1. The van der Waals surface area contributed by atoms with E-state index in [2.05, 4.69) is 16.5 Å². The lowest BCUT2D eigenvalue weighted by Crippen LogP contribution is -2.01. The third kappa shape index (κ3) is 4.32. The normalized spacial score (nSPS) is 11.7. The van der Waals surface area contributed by atoms with E-state index in [0.29, 0.717) is 24.8 Å². The van der Waals surface area contributed by atoms with Crippen molar-refractivity contribution in [3.8, 4) is 5.75 Å². The smallest absolute Gasteiger partial charge is 0.194 e. The Morgan fingerprint density at radius 3 is 2.41 bits per heavy atom. The van der Waals surface area contributed by atoms with Gasteiger partial charge in [-0.15, -0.1) is 0 Å². The molecule has 0 bridgehead atoms. The lowest BCUT2D eigenvalue weighted by atomic mass is 10.0. The molecule has 0 amide bonds. The van der Waals surface area contributed by atoms with Gasteiger partial charge in [-0.05, 0) is 30.5 Å². The Morgan fingerprint density at radius 1 is 1.23 bits per heavy atom. The highest BCUT2D eigenvalue weighted by Gasteiger charge is 2.04. The number of aromatic nitrogens is 2. The lowest BCUT2D eigenvalue weighted by molar-refractivity contribution is 0.295. The molecule has 4 nitrogen and oxygen atoms in total. The first kappa shape index (κ1) is 14.6. The summed E-state index contributed by atoms with van der Waals surface area (Å²) in [6, 6.07) is 7.57. The average Bonchev–Trinajstić information content (AvgIpc) is 2.53. The monoisotopic (exact) mass is 299 g/mol. The molecule has 116 valence electrons. The minimum absolute atomic E-state index is 0.380. The summed E-state index contributed by atoms with van der Waals surface area (Å²) in [4.78, 5) is 8.43. The lowest BCUT2D eigenvalue weighted by Gasteiger charge is -2.09. The molecule has 0 spiro atoms. The molecule has 22 heavy (non-hydrogen) atoms. The van der Waals surface area contributed by atoms with Gasteiger partial charge in [0.15, 0.2) is 11.6 Å². The minimum Gasteiger partial charge on any atom is -0.491 e. The molecule has 0 aliphatic rings. The van der Waals surface area contributed by atoms with E-state index >= 15 is 0 Å². The highest BCUT2D eigenvalue weighted by molar-refractivity contribution is 5.49. The van der Waals surface area contributed by atoms with E-state index in [0.717, 1.165) is 16.9 Å². The van der Waals surface area contributed by atoms with Crippen LogP contribution in [-0.4, -0.2) is 16.6 Å². The van der Waals surface area contributed by atoms with Gasteiger partial charge in [0.05, 0.1) is 6.61 Å². The van der Waals surface area contributed by atoms with Crippen molar-refractivity contribution in [1.29, 1.82) is 0 Å². The van der Waals surface area contributed by atoms with Crippen molar-refractivity contribution in [2.45, 2.75) is 33.3 Å². The molecule has 0 N–H and O–H groups in total. The van der Waals surface area contributed by atoms with Gasteiger partial charge >= 0.3 is 0 Å². The molecule has 0 saturated heterocycles. The molecule has 0 aliphatic heterocycles. The van der Waals surface area contributed by atoms with E-state index in [-0.39, 0.29) is 0 Å². The number of ether oxygens (including phenoxy) is 2. The van der Waals surface area contributed by atoms with E-state index in [1.165, 1.54) is 0 Å². The predicted octanol–water partition coefficient (Wildman–Crippen LogP) is 4.19. The van der Waals surface area contributed by atoms with Crippen LogP contribution in [0.1, 0.15) is 45.0 Å². The Balaban J connectivity index is 1.94. The van der Waals surface area contributed by atoms with Crippen LogP contribution in [0.25, 0.3) is 5.76 Å². The fourth-order valence-corrected chi connectivity index (χ4v) is 1.86. The van der Waals surface area contributed by atoms with Crippen LogP contribution in [0.5, 0.6) is 5.75 Å². The molecule has 0 saturated carbocycles. The number of nitrogens with zero attached hydrogens (tertiary/aromatic N) is 2. The molecule has 0 fully saturated rings. The van der Waals surface area contributed by atoms with Gasteiger partial charge in [0, 0.05) is 19.3 Å². The molecule has 2 aromatic rings. The van der Waals surface area contributed by atoms with E-state index in [1.54, 1.807) is 12.4 Å². The molecule has 4 heteroatoms. The van der Waals surface area contributed by atoms with Crippen LogP contribution in [0.3, 0.4) is 0 Å². The second-order valence-corrected chi connectivity index (χ2v) is 5.08. The summed E-state index contributed by atoms with van der Waals surface area (Å²) < 4.78 is 19.0. The number of hydrogen-bond donors (Lipinski definition) is 0. The summed E-state index contributed by atoms with van der Waals surface area (Å²) in [5, 5.41) is 0. The Bertz CT molecular complexity index is 646. The van der Waals surface area contributed by atoms with E-state index < -0.39 is 5.89 Å². The molecular weight excluding hydrogens is 276 g/mol. The van der Waals surface area contributed by atoms with Crippen LogP contribution >= 0.6 is 0 Å². The Kier molecular flexibility index (Phi) is 5.03. The number of benzene rings is 1. The van der Waals surface area contributed by atoms with Gasteiger partial charge in [-0.1, -0.05) is 32.6 Å². The summed E-state index contributed by atoms with van der Waals surface area (Å²) in [6.45, 7) is 10.3. The zero-order valence-electron chi connectivity index (χ0n) is 14.3. The van der Waals surface area contributed by atoms with Crippen molar-refractivity contribution >= 4 is 5.76 Å². The van der Waals surface area contributed by atoms with Gasteiger partial charge in [0.25, 0.3) is 0 Å². The maximum absolute atomic E-state index is 7.99. The zero-order valence-corrected chi connectivity index (χ0v) is 13.3. The highest BCUT2D eigenvalue weighted by Crippen LogP contribution is 2.19. The molecule has 1 aromatic carbocycles. The zero-order chi connectivity index (χ0) is 16.9. The second kappa shape index (κ2) is 7.59. The fourth-order valence-electron chi connectivity index (χ4n) is 1.86. The third-order valence-electron chi connectivity index (χ3n) is 3.11. The maximum atomic E-state index is 7.99. The van der Waals surface area contributed by atoms with Crippen molar-refractivity contribution in [1.82, 2.24) is 9.97 Å². The van der Waals surface area contributed by atoms with Crippen molar-refractivity contribution in [3.05, 3.63) is 60.2 Å². The Morgan fingerprint density at radius 2 is 1.86 bits per heavy atom. The van der Waals surface area contributed by atoms with Crippen LogP contribution in [-0.2, 0) is 11.3 Å². The van der Waals surface area contributed by atoms with Gasteiger partial charge < -0.3 is 9.47 Å². The number of rotatable bonds is 7. The first-order valence-electron chi connectivity index (χ1n) is 7.76. The van der Waals surface area contributed by atoms with Crippen molar-refractivity contribution in [3.63, 3.8) is 0 Å². The summed E-state index contributed by atoms with van der Waals surface area (Å²) in [5.74, 6) is 1.09. The maximum Gasteiger partial charge on any atom is 0.194 e. The first-order chi connectivity index (χ1) is 10.9. The quantitative estimate of drug-likeness (QED) is 0.719. The Hall–Kier alpha value is -2.36. The molecule has 1 heterocycles. The minimum atomic E-state index is -0.606. The largest absolute Gasteiger partial charge is 0.491 e. The van der Waals surface area contributed by atoms with E-state index in [4.69, 9.17) is 10.8 Å². The number of hydrogen-bond acceptors (Lipinski definition) is 4. The molecule has 0 unspecified atom stereocenters. The van der Waals surface area contributed by atoms with E-state index in [9.17, 15) is 0 Å². The summed E-state index contributed by atoms with van der Waals surface area (Å²) in [6.07, 6.45) is 3.40. The third-order valence-corrected chi connectivity index (χ3v) is 3.11. The standard InChI is InChI=1S/C18H22N2O2/c1-5-21-14(4)18-19-10-15(11-20-18)12-22-17-8-6-16(7-9-17)13(2)3/h6-11,13H,4-5,12H2,1-3H3/i13D. The molecular formula is C18H22N2O2. The summed E-state index contributed by atoms with van der Waals surface area (Å²) in [7, 11) is 0. The first-order valence-corrected chi connectivity index (χ1v) is 7.26. The molecule has 0 aliphatic carbocycles. The second-order valence-electron chi connectivity index (χ2n) is 5.08. The summed E-state index contributed by atoms with van der Waals surface area (Å²) >= 11 is 0. The van der Waals surface area contributed by atoms with Gasteiger partial charge in [-0.3, -0.25) is 0 Å². The van der Waals surface area contributed by atoms with Crippen molar-refractivity contribution in [2.75, 3.05) is 6.61 Å². The molecule has 0 radical (unpaired) electrons. The van der Waals surface area contributed by atoms with Gasteiger partial charge in [0.2, 0.25) is 0 Å². The molecule has 0 atom stereocenters. The fraction of sp³-hybridized carbons (Fsp3) is 0.333. The van der Waals surface area contributed by atoms with Gasteiger partial charge in [-0.25, -0.2) is 9.97 Å². The predicted molar refractivity (Wildman–Crippen MR) is 87.6 cm³/mol. The highest BCUT2D eigenvalue weighted by atomic mass is 16.5. The van der Waals surface area contributed by atoms with Crippen LogP contribution in [0.2, 0.25) is 0 Å². The van der Waals surface area contributed by atoms with Crippen LogP contribution < -0.4 is 4.74 Å². The average molecular weight is 299 g/mol. The van der Waals surface area contributed by atoms with Crippen LogP contribution in [0.15, 0.2) is 43.2 Å².